The Labute approximate surface area is 91.5 Å². The molecule has 0 atom stereocenters. The third-order valence-electron chi connectivity index (χ3n) is 2.06. The van der Waals surface area contributed by atoms with Gasteiger partial charge < -0.3 is 4.89 Å². The predicted molar refractivity (Wildman–Crippen MR) is 62.0 cm³/mol. The van der Waals surface area contributed by atoms with E-state index in [9.17, 15) is 0 Å². The third kappa shape index (κ3) is 3.76. The average molecular weight is 206 g/mol. The molecule has 2 nitrogen and oxygen atoms in total. The molecule has 0 N–H and O–H groups in total. The van der Waals surface area contributed by atoms with Crippen LogP contribution in [-0.4, -0.2) is 6.61 Å². The molecule has 0 bridgehead atoms. The fourth-order valence-electron chi connectivity index (χ4n) is 1.22. The van der Waals surface area contributed by atoms with Gasteiger partial charge >= 0.3 is 0 Å². The highest BCUT2D eigenvalue weighted by Crippen LogP contribution is 2.21. The van der Waals surface area contributed by atoms with Gasteiger partial charge in [-0.1, -0.05) is 31.2 Å². The van der Waals surface area contributed by atoms with Gasteiger partial charge in [-0.15, -0.1) is 0 Å². The summed E-state index contributed by atoms with van der Waals surface area (Å²) in [5.41, 5.74) is 3.27. The summed E-state index contributed by atoms with van der Waals surface area (Å²) in [6.07, 6.45) is 0.937. The molecular weight excluding hydrogens is 188 g/mol. The normalized spacial score (nSPS) is 10.1. The number of hydrogen-bond acceptors (Lipinski definition) is 2. The zero-order valence-electron chi connectivity index (χ0n) is 9.67. The van der Waals surface area contributed by atoms with E-state index in [1.54, 1.807) is 0 Å². The third-order valence-corrected chi connectivity index (χ3v) is 2.06. The van der Waals surface area contributed by atoms with Gasteiger partial charge in [0.05, 0.1) is 0 Å². The number of rotatable bonds is 5. The van der Waals surface area contributed by atoms with Gasteiger partial charge in [-0.3, -0.25) is 0 Å². The van der Waals surface area contributed by atoms with Crippen molar-refractivity contribution in [2.45, 2.75) is 27.2 Å². The van der Waals surface area contributed by atoms with Crippen molar-refractivity contribution in [2.24, 2.45) is 0 Å². The van der Waals surface area contributed by atoms with Gasteiger partial charge in [0.25, 0.3) is 0 Å². The van der Waals surface area contributed by atoms with Gasteiger partial charge in [-0.05, 0) is 37.5 Å². The van der Waals surface area contributed by atoms with Crippen LogP contribution in [0.15, 0.2) is 30.4 Å². The molecule has 0 saturated heterocycles. The van der Waals surface area contributed by atoms with Crippen LogP contribution in [0.4, 0.5) is 0 Å². The Hall–Kier alpha value is -1.28. The summed E-state index contributed by atoms with van der Waals surface area (Å²) < 4.78 is 0. The van der Waals surface area contributed by atoms with E-state index in [0.29, 0.717) is 6.61 Å². The first-order chi connectivity index (χ1) is 7.13. The molecule has 0 aliphatic carbocycles. The maximum absolute atomic E-state index is 5.26. The summed E-state index contributed by atoms with van der Waals surface area (Å²) >= 11 is 0. The molecule has 0 aliphatic heterocycles. The van der Waals surface area contributed by atoms with Gasteiger partial charge in [-0.2, -0.15) is 4.89 Å². The second-order valence-corrected chi connectivity index (χ2v) is 3.77. The zero-order valence-corrected chi connectivity index (χ0v) is 9.67. The first-order valence-corrected chi connectivity index (χ1v) is 5.17. The lowest BCUT2D eigenvalue weighted by Crippen LogP contribution is -2.02. The Bertz CT molecular complexity index is 342. The second kappa shape index (κ2) is 5.56. The fourth-order valence-corrected chi connectivity index (χ4v) is 1.22. The van der Waals surface area contributed by atoms with Crippen molar-refractivity contribution in [3.63, 3.8) is 0 Å². The lowest BCUT2D eigenvalue weighted by Gasteiger charge is -2.09. The van der Waals surface area contributed by atoms with E-state index in [0.717, 1.165) is 23.3 Å². The average Bonchev–Trinajstić information content (AvgIpc) is 2.17. The minimum atomic E-state index is 0.428. The Balaban J connectivity index is 2.65. The van der Waals surface area contributed by atoms with Gasteiger partial charge in [0.1, 0.15) is 6.61 Å². The van der Waals surface area contributed by atoms with Crippen molar-refractivity contribution in [3.8, 4) is 5.75 Å². The van der Waals surface area contributed by atoms with Crippen LogP contribution in [0.5, 0.6) is 5.75 Å². The van der Waals surface area contributed by atoms with Crippen LogP contribution in [0.3, 0.4) is 0 Å². The van der Waals surface area contributed by atoms with Crippen LogP contribution in [0.25, 0.3) is 0 Å². The van der Waals surface area contributed by atoms with Gasteiger partial charge in [0.15, 0.2) is 5.75 Å². The quantitative estimate of drug-likeness (QED) is 0.417. The molecule has 1 rings (SSSR count). The minimum Gasteiger partial charge on any atom is -0.337 e. The maximum atomic E-state index is 5.26. The van der Waals surface area contributed by atoms with E-state index in [-0.39, 0.29) is 0 Å². The molecule has 0 heterocycles. The molecular formula is C13H18O2. The van der Waals surface area contributed by atoms with Crippen molar-refractivity contribution in [3.05, 3.63) is 41.5 Å². The molecule has 0 aliphatic rings. The molecule has 0 aromatic heterocycles. The van der Waals surface area contributed by atoms with Gasteiger partial charge in [-0.25, -0.2) is 0 Å². The first-order valence-electron chi connectivity index (χ1n) is 5.17. The Morgan fingerprint density at radius 2 is 2.13 bits per heavy atom. The van der Waals surface area contributed by atoms with Crippen molar-refractivity contribution in [1.29, 1.82) is 0 Å². The summed E-state index contributed by atoms with van der Waals surface area (Å²) in [4.78, 5) is 10.3. The SMILES string of the molecule is C=C(C)COOc1cc(C)ccc1CC. The van der Waals surface area contributed by atoms with Crippen LogP contribution in [0.2, 0.25) is 0 Å². The van der Waals surface area contributed by atoms with E-state index in [2.05, 4.69) is 25.6 Å². The highest BCUT2D eigenvalue weighted by molar-refractivity contribution is 5.36. The highest BCUT2D eigenvalue weighted by atomic mass is 17.2. The summed E-state index contributed by atoms with van der Waals surface area (Å²) in [5.74, 6) is 0.804. The fraction of sp³-hybridized carbons (Fsp3) is 0.385. The van der Waals surface area contributed by atoms with Crippen LogP contribution in [-0.2, 0) is 11.3 Å². The first kappa shape index (κ1) is 11.8. The molecule has 0 saturated carbocycles. The van der Waals surface area contributed by atoms with E-state index in [4.69, 9.17) is 9.78 Å². The number of hydrogen-bond donors (Lipinski definition) is 0. The molecule has 2 heteroatoms. The predicted octanol–water partition coefficient (Wildman–Crippen LogP) is 3.44. The molecule has 1 aromatic rings. The standard InChI is InChI=1S/C13H18O2/c1-5-12-7-6-11(4)8-13(12)15-14-9-10(2)3/h6-8H,2,5,9H2,1,3-4H3. The molecule has 0 unspecified atom stereocenters. The zero-order chi connectivity index (χ0) is 11.3. The maximum Gasteiger partial charge on any atom is 0.168 e. The number of benzene rings is 1. The molecule has 0 radical (unpaired) electrons. The molecule has 82 valence electrons. The van der Waals surface area contributed by atoms with Gasteiger partial charge in [0, 0.05) is 0 Å². The van der Waals surface area contributed by atoms with Crippen LogP contribution in [0, 0.1) is 6.92 Å². The smallest absolute Gasteiger partial charge is 0.168 e. The van der Waals surface area contributed by atoms with Crippen molar-refractivity contribution >= 4 is 0 Å². The van der Waals surface area contributed by atoms with Crippen molar-refractivity contribution in [1.82, 2.24) is 0 Å². The molecule has 0 fully saturated rings. The molecule has 0 spiro atoms. The molecule has 0 amide bonds. The highest BCUT2D eigenvalue weighted by Gasteiger charge is 2.03. The summed E-state index contributed by atoms with van der Waals surface area (Å²) in [5, 5.41) is 0. The van der Waals surface area contributed by atoms with E-state index in [1.807, 2.05) is 19.9 Å². The lowest BCUT2D eigenvalue weighted by atomic mass is 10.1. The molecule has 15 heavy (non-hydrogen) atoms. The minimum absolute atomic E-state index is 0.428. The summed E-state index contributed by atoms with van der Waals surface area (Å²) in [6.45, 7) is 10.2. The lowest BCUT2D eigenvalue weighted by molar-refractivity contribution is -0.198. The Kier molecular flexibility index (Phi) is 4.37. The summed E-state index contributed by atoms with van der Waals surface area (Å²) in [7, 11) is 0. The molecule has 1 aromatic carbocycles. The van der Waals surface area contributed by atoms with E-state index < -0.39 is 0 Å². The van der Waals surface area contributed by atoms with E-state index in [1.165, 1.54) is 5.56 Å². The second-order valence-electron chi connectivity index (χ2n) is 3.77. The number of aryl methyl sites for hydroxylation is 2. The monoisotopic (exact) mass is 206 g/mol. The van der Waals surface area contributed by atoms with Gasteiger partial charge in [0.2, 0.25) is 0 Å². The topological polar surface area (TPSA) is 18.5 Å². The summed E-state index contributed by atoms with van der Waals surface area (Å²) in [6, 6.07) is 6.12. The van der Waals surface area contributed by atoms with E-state index >= 15 is 0 Å². The van der Waals surface area contributed by atoms with Crippen molar-refractivity contribution < 1.29 is 9.78 Å². The van der Waals surface area contributed by atoms with Crippen LogP contribution >= 0.6 is 0 Å². The largest absolute Gasteiger partial charge is 0.337 e. The Morgan fingerprint density at radius 3 is 2.73 bits per heavy atom. The van der Waals surface area contributed by atoms with Crippen molar-refractivity contribution in [2.75, 3.05) is 6.61 Å². The Morgan fingerprint density at radius 1 is 1.40 bits per heavy atom. The van der Waals surface area contributed by atoms with Crippen LogP contribution in [0.1, 0.15) is 25.0 Å². The van der Waals surface area contributed by atoms with Crippen LogP contribution < -0.4 is 4.89 Å².